The van der Waals surface area contributed by atoms with Crippen molar-refractivity contribution in [1.29, 1.82) is 0 Å². The molecule has 0 aliphatic heterocycles. The first-order chi connectivity index (χ1) is 8.00. The number of pyridine rings is 1. The minimum absolute atomic E-state index is 0.141. The molecule has 1 aromatic heterocycles. The van der Waals surface area contributed by atoms with Crippen LogP contribution in [0.2, 0.25) is 0 Å². The van der Waals surface area contributed by atoms with Crippen molar-refractivity contribution in [2.75, 3.05) is 7.11 Å². The maximum absolute atomic E-state index is 12.3. The van der Waals surface area contributed by atoms with Gasteiger partial charge in [0, 0.05) is 13.3 Å². The van der Waals surface area contributed by atoms with Gasteiger partial charge in [0.2, 0.25) is 0 Å². The van der Waals surface area contributed by atoms with Gasteiger partial charge < -0.3 is 4.74 Å². The summed E-state index contributed by atoms with van der Waals surface area (Å²) in [5.41, 5.74) is -0.144. The zero-order valence-electron chi connectivity index (χ0n) is 9.50. The van der Waals surface area contributed by atoms with E-state index in [0.717, 1.165) is 12.5 Å². The van der Waals surface area contributed by atoms with Crippen molar-refractivity contribution in [1.82, 2.24) is 4.98 Å². The second-order valence-electron chi connectivity index (χ2n) is 4.38. The van der Waals surface area contributed by atoms with Gasteiger partial charge in [-0.3, -0.25) is 4.98 Å². The zero-order chi connectivity index (χ0) is 12.5. The van der Waals surface area contributed by atoms with Crippen LogP contribution in [0.1, 0.15) is 36.6 Å². The Labute approximate surface area is 97.8 Å². The molecule has 2 rings (SSSR count). The van der Waals surface area contributed by atoms with Gasteiger partial charge in [-0.2, -0.15) is 13.2 Å². The van der Waals surface area contributed by atoms with Crippen molar-refractivity contribution < 1.29 is 17.9 Å². The van der Waals surface area contributed by atoms with Crippen molar-refractivity contribution in [3.63, 3.8) is 0 Å². The van der Waals surface area contributed by atoms with E-state index in [-0.39, 0.29) is 6.10 Å². The Morgan fingerprint density at radius 2 is 2.12 bits per heavy atom. The van der Waals surface area contributed by atoms with Crippen LogP contribution in [-0.2, 0) is 10.9 Å². The summed E-state index contributed by atoms with van der Waals surface area (Å²) in [6.07, 6.45) is -0.0141. The largest absolute Gasteiger partial charge is 0.433 e. The minimum atomic E-state index is -4.38. The number of hydrogen-bond acceptors (Lipinski definition) is 2. The van der Waals surface area contributed by atoms with E-state index >= 15 is 0 Å². The molecule has 0 spiro atoms. The predicted molar refractivity (Wildman–Crippen MR) is 56.3 cm³/mol. The van der Waals surface area contributed by atoms with Gasteiger partial charge in [-0.25, -0.2) is 0 Å². The summed E-state index contributed by atoms with van der Waals surface area (Å²) in [5, 5.41) is 0. The molecule has 0 N–H and O–H groups in total. The molecule has 1 aliphatic carbocycles. The molecule has 1 aliphatic rings. The standard InChI is InChI=1S/C12H14F3NO/c1-17-10(6-8-2-3-8)9-4-5-11(16-7-9)12(13,14)15/h4-5,7-8,10H,2-3,6H2,1H3. The van der Waals surface area contributed by atoms with Crippen molar-refractivity contribution >= 4 is 0 Å². The van der Waals surface area contributed by atoms with E-state index in [9.17, 15) is 13.2 Å². The van der Waals surface area contributed by atoms with Gasteiger partial charge in [0.25, 0.3) is 0 Å². The van der Waals surface area contributed by atoms with Crippen LogP contribution >= 0.6 is 0 Å². The SMILES string of the molecule is COC(CC1CC1)c1ccc(C(F)(F)F)nc1. The Kier molecular flexibility index (Phi) is 3.38. The van der Waals surface area contributed by atoms with E-state index in [0.29, 0.717) is 11.5 Å². The van der Waals surface area contributed by atoms with E-state index < -0.39 is 11.9 Å². The number of ether oxygens (including phenoxy) is 1. The normalized spacial score (nSPS) is 18.1. The third-order valence-corrected chi connectivity index (χ3v) is 2.98. The lowest BCUT2D eigenvalue weighted by atomic mass is 10.1. The fourth-order valence-corrected chi connectivity index (χ4v) is 1.79. The lowest BCUT2D eigenvalue weighted by molar-refractivity contribution is -0.141. The molecule has 0 radical (unpaired) electrons. The number of nitrogens with zero attached hydrogens (tertiary/aromatic N) is 1. The number of hydrogen-bond donors (Lipinski definition) is 0. The van der Waals surface area contributed by atoms with Gasteiger partial charge in [0.15, 0.2) is 0 Å². The molecular weight excluding hydrogens is 231 g/mol. The van der Waals surface area contributed by atoms with Crippen LogP contribution in [0.4, 0.5) is 13.2 Å². The quantitative estimate of drug-likeness (QED) is 0.808. The van der Waals surface area contributed by atoms with Crippen LogP contribution in [0.15, 0.2) is 18.3 Å². The van der Waals surface area contributed by atoms with Gasteiger partial charge in [-0.15, -0.1) is 0 Å². The van der Waals surface area contributed by atoms with Gasteiger partial charge in [0.1, 0.15) is 5.69 Å². The van der Waals surface area contributed by atoms with Crippen LogP contribution in [0, 0.1) is 5.92 Å². The molecule has 0 saturated heterocycles. The lowest BCUT2D eigenvalue weighted by Crippen LogP contribution is -2.09. The number of methoxy groups -OCH3 is 1. The Morgan fingerprint density at radius 3 is 2.53 bits per heavy atom. The Hall–Kier alpha value is -1.10. The summed E-state index contributed by atoms with van der Waals surface area (Å²) in [5.74, 6) is 0.655. The number of aromatic nitrogens is 1. The third-order valence-electron chi connectivity index (χ3n) is 2.98. The Balaban J connectivity index is 2.09. The van der Waals surface area contributed by atoms with E-state index in [1.807, 2.05) is 0 Å². The molecular formula is C12H14F3NO. The highest BCUT2D eigenvalue weighted by atomic mass is 19.4. The van der Waals surface area contributed by atoms with Crippen LogP contribution < -0.4 is 0 Å². The Morgan fingerprint density at radius 1 is 1.41 bits per heavy atom. The van der Waals surface area contributed by atoms with Gasteiger partial charge >= 0.3 is 6.18 Å². The molecule has 17 heavy (non-hydrogen) atoms. The van der Waals surface area contributed by atoms with E-state index in [1.165, 1.54) is 25.1 Å². The summed E-state index contributed by atoms with van der Waals surface area (Å²) in [6, 6.07) is 2.46. The van der Waals surface area contributed by atoms with Crippen molar-refractivity contribution in [3.05, 3.63) is 29.6 Å². The molecule has 1 atom stereocenters. The summed E-state index contributed by atoms with van der Waals surface area (Å²) in [7, 11) is 1.57. The van der Waals surface area contributed by atoms with Crippen LogP contribution in [0.3, 0.4) is 0 Å². The lowest BCUT2D eigenvalue weighted by Gasteiger charge is -2.15. The average Bonchev–Trinajstić information content (AvgIpc) is 3.09. The first-order valence-corrected chi connectivity index (χ1v) is 5.56. The second kappa shape index (κ2) is 4.64. The van der Waals surface area contributed by atoms with Crippen molar-refractivity contribution in [2.24, 2.45) is 5.92 Å². The maximum Gasteiger partial charge on any atom is 0.433 e. The van der Waals surface area contributed by atoms with Crippen molar-refractivity contribution in [2.45, 2.75) is 31.5 Å². The second-order valence-corrected chi connectivity index (χ2v) is 4.38. The van der Waals surface area contributed by atoms with Gasteiger partial charge in [-0.1, -0.05) is 18.9 Å². The molecule has 1 unspecified atom stereocenters. The molecule has 1 heterocycles. The summed E-state index contributed by atoms with van der Waals surface area (Å²) >= 11 is 0. The molecule has 5 heteroatoms. The fourth-order valence-electron chi connectivity index (χ4n) is 1.79. The highest BCUT2D eigenvalue weighted by Gasteiger charge is 2.32. The first-order valence-electron chi connectivity index (χ1n) is 5.56. The summed E-state index contributed by atoms with van der Waals surface area (Å²) in [6.45, 7) is 0. The van der Waals surface area contributed by atoms with E-state index in [1.54, 1.807) is 7.11 Å². The fraction of sp³-hybridized carbons (Fsp3) is 0.583. The van der Waals surface area contributed by atoms with Gasteiger partial charge in [0.05, 0.1) is 6.10 Å². The van der Waals surface area contributed by atoms with Crippen LogP contribution in [0.25, 0.3) is 0 Å². The van der Waals surface area contributed by atoms with E-state index in [2.05, 4.69) is 4.98 Å². The van der Waals surface area contributed by atoms with Crippen molar-refractivity contribution in [3.8, 4) is 0 Å². The zero-order valence-corrected chi connectivity index (χ0v) is 9.50. The predicted octanol–water partition coefficient (Wildman–Crippen LogP) is 3.59. The molecule has 1 fully saturated rings. The van der Waals surface area contributed by atoms with Crippen LogP contribution in [0.5, 0.6) is 0 Å². The van der Waals surface area contributed by atoms with Gasteiger partial charge in [-0.05, 0) is 24.0 Å². The topological polar surface area (TPSA) is 22.1 Å². The average molecular weight is 245 g/mol. The molecule has 1 saturated carbocycles. The minimum Gasteiger partial charge on any atom is -0.377 e. The molecule has 94 valence electrons. The molecule has 0 aromatic carbocycles. The molecule has 1 aromatic rings. The number of rotatable bonds is 4. The molecule has 2 nitrogen and oxygen atoms in total. The van der Waals surface area contributed by atoms with E-state index in [4.69, 9.17) is 4.74 Å². The monoisotopic (exact) mass is 245 g/mol. The number of halogens is 3. The molecule has 0 amide bonds. The van der Waals surface area contributed by atoms with Crippen LogP contribution in [-0.4, -0.2) is 12.1 Å². The third kappa shape index (κ3) is 3.19. The maximum atomic E-state index is 12.3. The highest BCUT2D eigenvalue weighted by molar-refractivity contribution is 5.18. The summed E-state index contributed by atoms with van der Waals surface area (Å²) in [4.78, 5) is 3.44. The molecule has 0 bridgehead atoms. The highest BCUT2D eigenvalue weighted by Crippen LogP contribution is 2.39. The smallest absolute Gasteiger partial charge is 0.377 e. The number of alkyl halides is 3. The summed E-state index contributed by atoms with van der Waals surface area (Å²) < 4.78 is 42.3. The Bertz CT molecular complexity index is 370. The first kappa shape index (κ1) is 12.4.